The van der Waals surface area contributed by atoms with Gasteiger partial charge in [-0.25, -0.2) is 4.79 Å². The average Bonchev–Trinajstić information content (AvgIpc) is 2.82. The van der Waals surface area contributed by atoms with Crippen LogP contribution in [0.15, 0.2) is 71.6 Å². The molecule has 0 amide bonds. The zero-order chi connectivity index (χ0) is 22.7. The summed E-state index contributed by atoms with van der Waals surface area (Å²) in [5.74, 6) is -0.133. The molecule has 2 aromatic carbocycles. The molecular formula is C26H27NO5. The summed E-state index contributed by atoms with van der Waals surface area (Å²) in [7, 11) is 3.14. The minimum Gasteiger partial charge on any atom is -0.493 e. The fourth-order valence-corrected chi connectivity index (χ4v) is 4.49. The Labute approximate surface area is 187 Å². The third-order valence-corrected chi connectivity index (χ3v) is 6.02. The molecule has 2 atom stereocenters. The van der Waals surface area contributed by atoms with Gasteiger partial charge in [0.1, 0.15) is 12.4 Å². The van der Waals surface area contributed by atoms with E-state index >= 15 is 0 Å². The molecule has 1 aliphatic heterocycles. The normalized spacial score (nSPS) is 20.1. The van der Waals surface area contributed by atoms with E-state index in [4.69, 9.17) is 14.2 Å². The summed E-state index contributed by atoms with van der Waals surface area (Å²) in [6, 6.07) is 15.1. The highest BCUT2D eigenvalue weighted by atomic mass is 16.5. The second kappa shape index (κ2) is 9.30. The van der Waals surface area contributed by atoms with E-state index in [1.165, 1.54) is 0 Å². The van der Waals surface area contributed by atoms with Crippen LogP contribution in [0.1, 0.15) is 36.8 Å². The van der Waals surface area contributed by atoms with Crippen molar-refractivity contribution >= 4 is 11.8 Å². The van der Waals surface area contributed by atoms with Crippen molar-refractivity contribution in [2.24, 2.45) is 5.92 Å². The van der Waals surface area contributed by atoms with Crippen molar-refractivity contribution in [3.8, 4) is 11.5 Å². The van der Waals surface area contributed by atoms with Crippen molar-refractivity contribution in [1.82, 2.24) is 5.32 Å². The molecule has 1 aliphatic carbocycles. The van der Waals surface area contributed by atoms with Crippen LogP contribution in [-0.4, -0.2) is 26.0 Å². The van der Waals surface area contributed by atoms with E-state index in [2.05, 4.69) is 11.4 Å². The van der Waals surface area contributed by atoms with Gasteiger partial charge in [-0.1, -0.05) is 42.5 Å². The Balaban J connectivity index is 1.75. The van der Waals surface area contributed by atoms with Crippen LogP contribution in [0.4, 0.5) is 0 Å². The highest BCUT2D eigenvalue weighted by Crippen LogP contribution is 2.45. The summed E-state index contributed by atoms with van der Waals surface area (Å²) >= 11 is 0. The molecule has 32 heavy (non-hydrogen) atoms. The van der Waals surface area contributed by atoms with Crippen molar-refractivity contribution < 1.29 is 23.8 Å². The van der Waals surface area contributed by atoms with Crippen LogP contribution in [0.3, 0.4) is 0 Å². The number of fused-ring (bicyclic) bond motifs is 1. The van der Waals surface area contributed by atoms with Gasteiger partial charge >= 0.3 is 5.97 Å². The van der Waals surface area contributed by atoms with E-state index in [0.29, 0.717) is 35.6 Å². The van der Waals surface area contributed by atoms with Crippen LogP contribution >= 0.6 is 0 Å². The van der Waals surface area contributed by atoms with Crippen LogP contribution in [-0.2, 0) is 20.9 Å². The Bertz CT molecular complexity index is 1090. The first-order valence-electron chi connectivity index (χ1n) is 10.7. The van der Waals surface area contributed by atoms with E-state index < -0.39 is 17.8 Å². The van der Waals surface area contributed by atoms with Crippen molar-refractivity contribution in [3.05, 3.63) is 82.7 Å². The monoisotopic (exact) mass is 433 g/mol. The number of ketones is 1. The molecule has 6 heteroatoms. The van der Waals surface area contributed by atoms with Gasteiger partial charge in [-0.05, 0) is 36.6 Å². The summed E-state index contributed by atoms with van der Waals surface area (Å²) in [4.78, 5) is 26.4. The minimum absolute atomic E-state index is 0.107. The minimum atomic E-state index is -0.474. The lowest BCUT2D eigenvalue weighted by molar-refractivity contribution is -0.141. The maximum Gasteiger partial charge on any atom is 0.336 e. The second-order valence-corrected chi connectivity index (χ2v) is 7.96. The zero-order valence-corrected chi connectivity index (χ0v) is 18.5. The van der Waals surface area contributed by atoms with E-state index in [1.807, 2.05) is 49.4 Å². The van der Waals surface area contributed by atoms with Crippen molar-refractivity contribution in [3.63, 3.8) is 0 Å². The van der Waals surface area contributed by atoms with Gasteiger partial charge in [0.2, 0.25) is 0 Å². The molecule has 0 saturated heterocycles. The molecule has 0 radical (unpaired) electrons. The number of carbonyl (C=O) groups excluding carboxylic acids is 2. The van der Waals surface area contributed by atoms with Crippen molar-refractivity contribution in [2.75, 3.05) is 14.2 Å². The lowest BCUT2D eigenvalue weighted by Crippen LogP contribution is -2.40. The number of Topliss-reactive ketones (excluding diaryl/α,β-unsaturated/α-hetero) is 1. The second-order valence-electron chi connectivity index (χ2n) is 7.96. The maximum atomic E-state index is 13.3. The summed E-state index contributed by atoms with van der Waals surface area (Å²) in [6.07, 6.45) is 3.19. The standard InChI is InChI=1S/C26H27NO5/c1-16-23(26(29)32-15-17-8-5-4-6-9-17)24(25-19(27-16)10-7-11-20(25)28)18-12-13-21(30-2)22(14-18)31-3/h4-6,8-10,12-14,24-25,27H,7,11,15H2,1-3H3. The fraction of sp³-hybridized carbons (Fsp3) is 0.308. The van der Waals surface area contributed by atoms with E-state index in [1.54, 1.807) is 20.3 Å². The van der Waals surface area contributed by atoms with E-state index in [-0.39, 0.29) is 12.4 Å². The number of esters is 1. The number of allylic oxidation sites excluding steroid dienone is 3. The number of carbonyl (C=O) groups is 2. The highest BCUT2D eigenvalue weighted by molar-refractivity contribution is 5.96. The van der Waals surface area contributed by atoms with Crippen LogP contribution in [0.5, 0.6) is 11.5 Å². The molecule has 0 spiro atoms. The summed E-state index contributed by atoms with van der Waals surface area (Å²) < 4.78 is 16.5. The Morgan fingerprint density at radius 3 is 2.50 bits per heavy atom. The van der Waals surface area contributed by atoms with Crippen molar-refractivity contribution in [2.45, 2.75) is 32.3 Å². The van der Waals surface area contributed by atoms with Gasteiger partial charge in [-0.3, -0.25) is 4.79 Å². The third kappa shape index (κ3) is 4.13. The fourth-order valence-electron chi connectivity index (χ4n) is 4.49. The Hall–Kier alpha value is -3.54. The molecule has 2 unspecified atom stereocenters. The molecule has 2 aliphatic rings. The molecule has 1 heterocycles. The molecule has 2 aromatic rings. The molecule has 0 bridgehead atoms. The highest BCUT2D eigenvalue weighted by Gasteiger charge is 2.43. The molecule has 166 valence electrons. The van der Waals surface area contributed by atoms with Gasteiger partial charge in [0.25, 0.3) is 0 Å². The van der Waals surface area contributed by atoms with E-state index in [0.717, 1.165) is 16.8 Å². The SMILES string of the molecule is COc1ccc(C2C(C(=O)OCc3ccccc3)=C(C)NC3=CCCC(=O)C32)cc1OC. The molecule has 0 saturated carbocycles. The number of nitrogens with one attached hydrogen (secondary N) is 1. The first-order valence-corrected chi connectivity index (χ1v) is 10.7. The number of rotatable bonds is 6. The molecule has 0 fully saturated rings. The summed E-state index contributed by atoms with van der Waals surface area (Å²) in [6.45, 7) is 2.01. The van der Waals surface area contributed by atoms with E-state index in [9.17, 15) is 9.59 Å². The predicted molar refractivity (Wildman–Crippen MR) is 120 cm³/mol. The molecule has 4 rings (SSSR count). The summed E-state index contributed by atoms with van der Waals surface area (Å²) in [5.41, 5.74) is 3.71. The number of benzene rings is 2. The zero-order valence-electron chi connectivity index (χ0n) is 18.5. The summed E-state index contributed by atoms with van der Waals surface area (Å²) in [5, 5.41) is 3.29. The predicted octanol–water partition coefficient (Wildman–Crippen LogP) is 4.27. The van der Waals surface area contributed by atoms with Gasteiger partial charge in [-0.15, -0.1) is 0 Å². The number of hydrogen-bond donors (Lipinski definition) is 1. The molecular weight excluding hydrogens is 406 g/mol. The first-order chi connectivity index (χ1) is 15.5. The van der Waals surface area contributed by atoms with Crippen molar-refractivity contribution in [1.29, 1.82) is 0 Å². The number of hydrogen-bond acceptors (Lipinski definition) is 6. The van der Waals surface area contributed by atoms with Gasteiger partial charge in [0.15, 0.2) is 11.5 Å². The van der Waals surface area contributed by atoms with Crippen LogP contribution in [0.25, 0.3) is 0 Å². The smallest absolute Gasteiger partial charge is 0.336 e. The quantitative estimate of drug-likeness (QED) is 0.686. The Morgan fingerprint density at radius 1 is 1.03 bits per heavy atom. The van der Waals surface area contributed by atoms with Gasteiger partial charge in [-0.2, -0.15) is 0 Å². The third-order valence-electron chi connectivity index (χ3n) is 6.02. The van der Waals surface area contributed by atoms with Crippen LogP contribution in [0.2, 0.25) is 0 Å². The Morgan fingerprint density at radius 2 is 1.78 bits per heavy atom. The maximum absolute atomic E-state index is 13.3. The largest absolute Gasteiger partial charge is 0.493 e. The lowest BCUT2D eigenvalue weighted by Gasteiger charge is -2.38. The van der Waals surface area contributed by atoms with Gasteiger partial charge in [0.05, 0.1) is 25.7 Å². The molecule has 0 aromatic heterocycles. The molecule has 1 N–H and O–H groups in total. The lowest BCUT2D eigenvalue weighted by atomic mass is 9.71. The number of methoxy groups -OCH3 is 2. The average molecular weight is 434 g/mol. The van der Waals surface area contributed by atoms with Crippen LogP contribution in [0, 0.1) is 5.92 Å². The first kappa shape index (κ1) is 21.7. The number of ether oxygens (including phenoxy) is 3. The Kier molecular flexibility index (Phi) is 6.30. The van der Waals surface area contributed by atoms with Gasteiger partial charge < -0.3 is 19.5 Å². The topological polar surface area (TPSA) is 73.9 Å². The molecule has 6 nitrogen and oxygen atoms in total. The van der Waals surface area contributed by atoms with Gasteiger partial charge in [0, 0.05) is 23.7 Å². The van der Waals surface area contributed by atoms with Crippen LogP contribution < -0.4 is 14.8 Å².